The number of anilines is 4. The highest BCUT2D eigenvalue weighted by Crippen LogP contribution is 2.29. The molecule has 5 aromatic rings. The van der Waals surface area contributed by atoms with Gasteiger partial charge in [0.15, 0.2) is 5.82 Å². The van der Waals surface area contributed by atoms with Gasteiger partial charge in [-0.3, -0.25) is 19.5 Å². The fourth-order valence-electron chi connectivity index (χ4n) is 4.33. The third-order valence-electron chi connectivity index (χ3n) is 6.29. The number of phenols is 1. The fraction of sp³-hybridized carbons (Fsp3) is 0.143. The first-order valence-corrected chi connectivity index (χ1v) is 11.9. The van der Waals surface area contributed by atoms with E-state index in [4.69, 9.17) is 0 Å². The number of nitrogens with one attached hydrogen (secondary N) is 4. The lowest BCUT2D eigenvalue weighted by Gasteiger charge is -2.16. The molecule has 1 atom stereocenters. The Kier molecular flexibility index (Phi) is 6.42. The van der Waals surface area contributed by atoms with E-state index in [1.807, 2.05) is 37.3 Å². The molecule has 5 N–H and O–H groups in total. The Morgan fingerprint density at radius 3 is 2.51 bits per heavy atom. The predicted octanol–water partition coefficient (Wildman–Crippen LogP) is 4.35. The minimum absolute atomic E-state index is 0.118. The molecule has 0 aliphatic carbocycles. The zero-order valence-electron chi connectivity index (χ0n) is 20.0. The van der Waals surface area contributed by atoms with Gasteiger partial charge in [-0.05, 0) is 47.9 Å². The minimum atomic E-state index is -0.618. The van der Waals surface area contributed by atoms with Crippen LogP contribution in [0.1, 0.15) is 30.4 Å². The lowest BCUT2D eigenvalue weighted by atomic mass is 9.95. The number of hydrogen-bond acceptors (Lipinski definition) is 7. The second-order valence-electron chi connectivity index (χ2n) is 8.75. The van der Waals surface area contributed by atoms with Crippen LogP contribution in [0.25, 0.3) is 10.9 Å². The lowest BCUT2D eigenvalue weighted by molar-refractivity contribution is -0.117. The molecule has 37 heavy (non-hydrogen) atoms. The maximum Gasteiger partial charge on any atom is 0.253 e. The zero-order valence-corrected chi connectivity index (χ0v) is 20.0. The van der Waals surface area contributed by atoms with E-state index in [0.29, 0.717) is 28.8 Å². The average molecular weight is 496 g/mol. The van der Waals surface area contributed by atoms with Crippen molar-refractivity contribution in [3.8, 4) is 5.75 Å². The zero-order chi connectivity index (χ0) is 25.9. The highest BCUT2D eigenvalue weighted by atomic mass is 16.3. The van der Waals surface area contributed by atoms with Crippen LogP contribution in [0, 0.1) is 0 Å². The standard InChI is InChI=1S/C28H25N5O4/c1-2-20(17-8-4-3-5-9-17)28(37)31-27-21-14-18(11-12-22(21)32-33-27)30-24-23(25(35)26(24)36)29-15-16-7-6-10-19(34)13-16/h3-14,20,29-30,34H,2,15H2,1H3,(H2,31,32,33,37). The molecule has 0 radical (unpaired) electrons. The summed E-state index contributed by atoms with van der Waals surface area (Å²) in [6.45, 7) is 2.23. The maximum absolute atomic E-state index is 13.0. The Labute approximate surface area is 211 Å². The summed E-state index contributed by atoms with van der Waals surface area (Å²) in [5, 5.41) is 26.4. The van der Waals surface area contributed by atoms with Crippen molar-refractivity contribution in [2.75, 3.05) is 16.0 Å². The third-order valence-corrected chi connectivity index (χ3v) is 6.29. The number of carbonyl (C=O) groups excluding carboxylic acids is 1. The number of aromatic amines is 1. The molecule has 0 saturated carbocycles. The average Bonchev–Trinajstić information content (AvgIpc) is 3.30. The Balaban J connectivity index is 1.35. The molecule has 4 aromatic carbocycles. The van der Waals surface area contributed by atoms with Crippen molar-refractivity contribution in [1.29, 1.82) is 0 Å². The highest BCUT2D eigenvalue weighted by molar-refractivity contribution is 6.03. The van der Waals surface area contributed by atoms with Crippen LogP contribution in [-0.2, 0) is 11.3 Å². The number of nitrogens with zero attached hydrogens (tertiary/aromatic N) is 1. The van der Waals surface area contributed by atoms with Crippen molar-refractivity contribution in [2.24, 2.45) is 0 Å². The highest BCUT2D eigenvalue weighted by Gasteiger charge is 2.22. The number of aromatic hydroxyl groups is 1. The molecule has 1 heterocycles. The molecule has 0 aliphatic heterocycles. The van der Waals surface area contributed by atoms with E-state index in [-0.39, 0.29) is 35.5 Å². The summed E-state index contributed by atoms with van der Waals surface area (Å²) in [5.74, 6) is 0.0118. The molecular weight excluding hydrogens is 470 g/mol. The lowest BCUT2D eigenvalue weighted by Crippen LogP contribution is -2.36. The van der Waals surface area contributed by atoms with E-state index in [2.05, 4.69) is 26.1 Å². The molecule has 0 aliphatic rings. The summed E-state index contributed by atoms with van der Waals surface area (Å²) in [4.78, 5) is 37.5. The van der Waals surface area contributed by atoms with Gasteiger partial charge in [-0.15, -0.1) is 0 Å². The van der Waals surface area contributed by atoms with Crippen molar-refractivity contribution in [3.05, 3.63) is 104 Å². The van der Waals surface area contributed by atoms with Crippen molar-refractivity contribution in [2.45, 2.75) is 25.8 Å². The van der Waals surface area contributed by atoms with Crippen LogP contribution in [0.5, 0.6) is 5.75 Å². The molecule has 0 fully saturated rings. The van der Waals surface area contributed by atoms with Gasteiger partial charge in [-0.2, -0.15) is 5.10 Å². The van der Waals surface area contributed by atoms with E-state index in [9.17, 15) is 19.5 Å². The number of benzene rings is 3. The molecule has 1 amide bonds. The van der Waals surface area contributed by atoms with E-state index in [1.165, 1.54) is 0 Å². The Morgan fingerprint density at radius 1 is 0.973 bits per heavy atom. The Hall–Kier alpha value is -4.92. The summed E-state index contributed by atoms with van der Waals surface area (Å²) < 4.78 is 0. The first kappa shape index (κ1) is 23.8. The van der Waals surface area contributed by atoms with Crippen LogP contribution in [-0.4, -0.2) is 21.2 Å². The van der Waals surface area contributed by atoms with Crippen LogP contribution in [0.2, 0.25) is 0 Å². The summed E-state index contributed by atoms with van der Waals surface area (Å²) in [6, 6.07) is 21.5. The Bertz CT molecular complexity index is 1650. The van der Waals surface area contributed by atoms with Crippen LogP contribution in [0.15, 0.2) is 82.4 Å². The van der Waals surface area contributed by atoms with Gasteiger partial charge in [0.2, 0.25) is 5.91 Å². The maximum atomic E-state index is 13.0. The molecule has 0 spiro atoms. The van der Waals surface area contributed by atoms with Crippen LogP contribution in [0.3, 0.4) is 0 Å². The summed E-state index contributed by atoms with van der Waals surface area (Å²) in [7, 11) is 0. The minimum Gasteiger partial charge on any atom is -0.508 e. The van der Waals surface area contributed by atoms with Crippen molar-refractivity contribution < 1.29 is 9.90 Å². The molecule has 9 heteroatoms. The van der Waals surface area contributed by atoms with Crippen molar-refractivity contribution in [3.63, 3.8) is 0 Å². The number of rotatable bonds is 9. The molecule has 1 unspecified atom stereocenters. The molecular formula is C28H25N5O4. The third kappa shape index (κ3) is 4.79. The van der Waals surface area contributed by atoms with Gasteiger partial charge in [0.05, 0.1) is 11.4 Å². The first-order valence-electron chi connectivity index (χ1n) is 11.9. The monoisotopic (exact) mass is 495 g/mol. The smallest absolute Gasteiger partial charge is 0.253 e. The first-order chi connectivity index (χ1) is 17.9. The largest absolute Gasteiger partial charge is 0.508 e. The number of amides is 1. The normalized spacial score (nSPS) is 11.9. The summed E-state index contributed by atoms with van der Waals surface area (Å²) in [5.41, 5.74) is 2.08. The van der Waals surface area contributed by atoms with E-state index in [1.54, 1.807) is 42.5 Å². The number of hydrogen-bond donors (Lipinski definition) is 5. The van der Waals surface area contributed by atoms with Gasteiger partial charge < -0.3 is 21.1 Å². The van der Waals surface area contributed by atoms with Gasteiger partial charge in [0, 0.05) is 17.6 Å². The van der Waals surface area contributed by atoms with E-state index >= 15 is 0 Å². The molecule has 0 bridgehead atoms. The van der Waals surface area contributed by atoms with Crippen LogP contribution >= 0.6 is 0 Å². The fourth-order valence-corrected chi connectivity index (χ4v) is 4.33. The summed E-state index contributed by atoms with van der Waals surface area (Å²) >= 11 is 0. The molecule has 9 nitrogen and oxygen atoms in total. The van der Waals surface area contributed by atoms with E-state index < -0.39 is 10.9 Å². The van der Waals surface area contributed by atoms with Gasteiger partial charge in [-0.1, -0.05) is 49.4 Å². The quantitative estimate of drug-likeness (QED) is 0.192. The predicted molar refractivity (Wildman–Crippen MR) is 144 cm³/mol. The summed E-state index contributed by atoms with van der Waals surface area (Å²) in [6.07, 6.45) is 0.633. The Morgan fingerprint density at radius 2 is 1.76 bits per heavy atom. The molecule has 186 valence electrons. The molecule has 5 rings (SSSR count). The van der Waals surface area contributed by atoms with Crippen LogP contribution < -0.4 is 26.8 Å². The molecule has 0 saturated heterocycles. The number of fused-ring (bicyclic) bond motifs is 1. The van der Waals surface area contributed by atoms with Crippen molar-refractivity contribution >= 4 is 39.7 Å². The SMILES string of the molecule is CCC(C(=O)Nc1n[nH]c2ccc(Nc3c(NCc4cccc(O)c4)c(=O)c3=O)cc12)c1ccccc1. The van der Waals surface area contributed by atoms with E-state index in [0.717, 1.165) is 11.1 Å². The number of H-pyrrole nitrogens is 1. The number of aromatic nitrogens is 2. The van der Waals surface area contributed by atoms with Gasteiger partial charge in [0.25, 0.3) is 10.9 Å². The second-order valence-corrected chi connectivity index (χ2v) is 8.75. The van der Waals surface area contributed by atoms with Gasteiger partial charge >= 0.3 is 0 Å². The number of phenolic OH excluding ortho intramolecular Hbond substituents is 1. The second kappa shape index (κ2) is 9.98. The van der Waals surface area contributed by atoms with Crippen LogP contribution in [0.4, 0.5) is 22.9 Å². The van der Waals surface area contributed by atoms with Gasteiger partial charge in [0.1, 0.15) is 17.1 Å². The van der Waals surface area contributed by atoms with Crippen molar-refractivity contribution in [1.82, 2.24) is 10.2 Å². The molecule has 1 aromatic heterocycles. The number of carbonyl (C=O) groups is 1. The van der Waals surface area contributed by atoms with Gasteiger partial charge in [-0.25, -0.2) is 0 Å². The topological polar surface area (TPSA) is 136 Å².